The number of carbonyl (C=O) groups is 1. The van der Waals surface area contributed by atoms with Crippen molar-refractivity contribution in [2.24, 2.45) is 4.99 Å². The molecule has 3 aromatic rings. The number of aromatic nitrogens is 1. The summed E-state index contributed by atoms with van der Waals surface area (Å²) in [5.41, 5.74) is 3.72. The molecule has 2 aromatic carbocycles. The minimum absolute atomic E-state index is 0.192. The molecule has 0 bridgehead atoms. The number of benzene rings is 2. The van der Waals surface area contributed by atoms with E-state index >= 15 is 0 Å². The van der Waals surface area contributed by atoms with Crippen LogP contribution in [0.25, 0.3) is 10.2 Å². The molecule has 0 aliphatic carbocycles. The summed E-state index contributed by atoms with van der Waals surface area (Å²) in [6.45, 7) is 4.73. The fraction of sp³-hybridized carbons (Fsp3) is 0.300. The molecule has 26 heavy (non-hydrogen) atoms. The third-order valence-electron chi connectivity index (χ3n) is 4.23. The molecular formula is C20H22N2O2S2. The Morgan fingerprint density at radius 3 is 2.77 bits per heavy atom. The molecule has 0 saturated heterocycles. The smallest absolute Gasteiger partial charge is 0.279 e. The number of nitrogens with zero attached hydrogens (tertiary/aromatic N) is 2. The zero-order valence-corrected chi connectivity index (χ0v) is 17.0. The monoisotopic (exact) mass is 386 g/mol. The van der Waals surface area contributed by atoms with Crippen molar-refractivity contribution in [2.75, 3.05) is 19.1 Å². The summed E-state index contributed by atoms with van der Waals surface area (Å²) in [5.74, 6) is 1.57. The predicted octanol–water partition coefficient (Wildman–Crippen LogP) is 4.43. The molecule has 0 saturated carbocycles. The van der Waals surface area contributed by atoms with Crippen LogP contribution in [0.3, 0.4) is 0 Å². The first-order valence-electron chi connectivity index (χ1n) is 8.36. The lowest BCUT2D eigenvalue weighted by Crippen LogP contribution is -2.18. The molecule has 0 aliphatic rings. The number of fused-ring (bicyclic) bond motifs is 1. The Kier molecular flexibility index (Phi) is 5.84. The van der Waals surface area contributed by atoms with Crippen LogP contribution < -0.4 is 9.54 Å². The predicted molar refractivity (Wildman–Crippen MR) is 111 cm³/mol. The van der Waals surface area contributed by atoms with Gasteiger partial charge in [-0.2, -0.15) is 16.8 Å². The maximum absolute atomic E-state index is 12.8. The number of ether oxygens (including phenoxy) is 1. The van der Waals surface area contributed by atoms with Gasteiger partial charge in [-0.1, -0.05) is 29.0 Å². The average Bonchev–Trinajstić information content (AvgIpc) is 2.97. The number of rotatable bonds is 5. The average molecular weight is 387 g/mol. The van der Waals surface area contributed by atoms with Crippen molar-refractivity contribution in [3.8, 4) is 5.75 Å². The Bertz CT molecular complexity index is 1020. The first-order chi connectivity index (χ1) is 12.5. The van der Waals surface area contributed by atoms with Crippen molar-refractivity contribution in [3.63, 3.8) is 0 Å². The lowest BCUT2D eigenvalue weighted by Gasteiger charge is -2.06. The largest absolute Gasteiger partial charge is 0.497 e. The van der Waals surface area contributed by atoms with Crippen LogP contribution in [-0.2, 0) is 6.54 Å². The van der Waals surface area contributed by atoms with Crippen molar-refractivity contribution >= 4 is 39.2 Å². The van der Waals surface area contributed by atoms with Gasteiger partial charge in [0, 0.05) is 23.9 Å². The standard InChI is InChI=1S/C20H22N2O2S2/c1-13-5-6-14(2)16(11-13)19(23)21-20-22(9-10-25-4)17-12-15(24-3)7-8-18(17)26-20/h5-8,11-12H,9-10H2,1-4H3. The van der Waals surface area contributed by atoms with E-state index in [1.54, 1.807) is 18.9 Å². The fourth-order valence-corrected chi connectivity index (χ4v) is 4.17. The van der Waals surface area contributed by atoms with Crippen molar-refractivity contribution in [2.45, 2.75) is 20.4 Å². The second-order valence-corrected chi connectivity index (χ2v) is 8.09. The zero-order valence-electron chi connectivity index (χ0n) is 15.4. The number of methoxy groups -OCH3 is 1. The summed E-state index contributed by atoms with van der Waals surface area (Å²) >= 11 is 3.31. The van der Waals surface area contributed by atoms with Gasteiger partial charge in [-0.3, -0.25) is 4.79 Å². The summed E-state index contributed by atoms with van der Waals surface area (Å²) in [7, 11) is 1.66. The molecule has 1 aromatic heterocycles. The van der Waals surface area contributed by atoms with Crippen molar-refractivity contribution < 1.29 is 9.53 Å². The minimum Gasteiger partial charge on any atom is -0.497 e. The Hall–Kier alpha value is -2.05. The first kappa shape index (κ1) is 18.7. The number of thioether (sulfide) groups is 1. The highest BCUT2D eigenvalue weighted by atomic mass is 32.2. The molecule has 0 N–H and O–H groups in total. The Morgan fingerprint density at radius 1 is 1.23 bits per heavy atom. The van der Waals surface area contributed by atoms with E-state index in [9.17, 15) is 4.79 Å². The third kappa shape index (κ3) is 3.86. The molecule has 6 heteroatoms. The quantitative estimate of drug-likeness (QED) is 0.651. The molecule has 0 aliphatic heterocycles. The van der Waals surface area contributed by atoms with Gasteiger partial charge in [0.25, 0.3) is 5.91 Å². The SMILES string of the molecule is COc1ccc2sc(=NC(=O)c3cc(C)ccc3C)n(CCSC)c2c1. The summed E-state index contributed by atoms with van der Waals surface area (Å²) in [5, 5.41) is 0. The van der Waals surface area contributed by atoms with E-state index in [4.69, 9.17) is 4.74 Å². The number of hydrogen-bond donors (Lipinski definition) is 0. The first-order valence-corrected chi connectivity index (χ1v) is 10.6. The van der Waals surface area contributed by atoms with E-state index < -0.39 is 0 Å². The molecule has 4 nitrogen and oxygen atoms in total. The molecule has 0 spiro atoms. The van der Waals surface area contributed by atoms with Gasteiger partial charge in [0.15, 0.2) is 4.80 Å². The lowest BCUT2D eigenvalue weighted by molar-refractivity contribution is 0.0997. The molecule has 0 radical (unpaired) electrons. The van der Waals surface area contributed by atoms with Crippen molar-refractivity contribution in [3.05, 3.63) is 57.9 Å². The van der Waals surface area contributed by atoms with E-state index in [0.29, 0.717) is 5.56 Å². The van der Waals surface area contributed by atoms with Gasteiger partial charge in [-0.05, 0) is 43.9 Å². The summed E-state index contributed by atoms with van der Waals surface area (Å²) in [4.78, 5) is 18.0. The molecular weight excluding hydrogens is 364 g/mol. The zero-order chi connectivity index (χ0) is 18.7. The van der Waals surface area contributed by atoms with E-state index in [-0.39, 0.29) is 5.91 Å². The number of carbonyl (C=O) groups excluding carboxylic acids is 1. The highest BCUT2D eigenvalue weighted by molar-refractivity contribution is 7.98. The Labute approximate surface area is 161 Å². The van der Waals surface area contributed by atoms with Crippen LogP contribution in [0, 0.1) is 13.8 Å². The number of amides is 1. The topological polar surface area (TPSA) is 43.6 Å². The van der Waals surface area contributed by atoms with Gasteiger partial charge in [0.1, 0.15) is 5.75 Å². The molecule has 0 unspecified atom stereocenters. The van der Waals surface area contributed by atoms with Crippen LogP contribution in [-0.4, -0.2) is 29.6 Å². The van der Waals surface area contributed by atoms with Crippen LogP contribution in [0.5, 0.6) is 5.75 Å². The maximum atomic E-state index is 12.8. The fourth-order valence-electron chi connectivity index (χ4n) is 2.77. The normalized spacial score (nSPS) is 11.9. The molecule has 3 rings (SSSR count). The number of thiazole rings is 1. The van der Waals surface area contributed by atoms with Crippen LogP contribution >= 0.6 is 23.1 Å². The van der Waals surface area contributed by atoms with E-state index in [1.807, 2.05) is 50.2 Å². The van der Waals surface area contributed by atoms with E-state index in [2.05, 4.69) is 15.8 Å². The van der Waals surface area contributed by atoms with Crippen LogP contribution in [0.1, 0.15) is 21.5 Å². The molecule has 1 heterocycles. The summed E-state index contributed by atoms with van der Waals surface area (Å²) in [6, 6.07) is 11.9. The summed E-state index contributed by atoms with van der Waals surface area (Å²) in [6.07, 6.45) is 2.08. The molecule has 136 valence electrons. The minimum atomic E-state index is -0.192. The molecule has 1 amide bonds. The van der Waals surface area contributed by atoms with E-state index in [0.717, 1.165) is 44.2 Å². The summed E-state index contributed by atoms with van der Waals surface area (Å²) < 4.78 is 8.57. The van der Waals surface area contributed by atoms with Gasteiger partial charge in [-0.25, -0.2) is 0 Å². The third-order valence-corrected chi connectivity index (χ3v) is 5.88. The highest BCUT2D eigenvalue weighted by Crippen LogP contribution is 2.23. The second kappa shape index (κ2) is 8.10. The van der Waals surface area contributed by atoms with Gasteiger partial charge in [0.05, 0.1) is 17.3 Å². The molecule has 0 atom stereocenters. The number of aryl methyl sites for hydroxylation is 3. The van der Waals surface area contributed by atoms with Crippen LogP contribution in [0.4, 0.5) is 0 Å². The second-order valence-electron chi connectivity index (χ2n) is 6.10. The Morgan fingerprint density at radius 2 is 2.04 bits per heavy atom. The number of hydrogen-bond acceptors (Lipinski definition) is 4. The van der Waals surface area contributed by atoms with Gasteiger partial charge >= 0.3 is 0 Å². The van der Waals surface area contributed by atoms with Gasteiger partial charge < -0.3 is 9.30 Å². The van der Waals surface area contributed by atoms with Gasteiger partial charge in [0.2, 0.25) is 0 Å². The Balaban J connectivity index is 2.14. The lowest BCUT2D eigenvalue weighted by atomic mass is 10.1. The van der Waals surface area contributed by atoms with E-state index in [1.165, 1.54) is 11.3 Å². The van der Waals surface area contributed by atoms with Crippen LogP contribution in [0.15, 0.2) is 41.4 Å². The van der Waals surface area contributed by atoms with Crippen molar-refractivity contribution in [1.82, 2.24) is 4.57 Å². The van der Waals surface area contributed by atoms with Gasteiger partial charge in [-0.15, -0.1) is 0 Å². The van der Waals surface area contributed by atoms with Crippen LogP contribution in [0.2, 0.25) is 0 Å². The molecule has 0 fully saturated rings. The maximum Gasteiger partial charge on any atom is 0.279 e. The highest BCUT2D eigenvalue weighted by Gasteiger charge is 2.12. The van der Waals surface area contributed by atoms with Crippen molar-refractivity contribution in [1.29, 1.82) is 0 Å².